The van der Waals surface area contributed by atoms with Gasteiger partial charge in [-0.3, -0.25) is 0 Å². The summed E-state index contributed by atoms with van der Waals surface area (Å²) in [4.78, 5) is 13.8. The van der Waals surface area contributed by atoms with Crippen molar-refractivity contribution in [3.05, 3.63) is 23.1 Å². The number of alkyl halides is 5. The Morgan fingerprint density at radius 3 is 2.45 bits per heavy atom. The van der Waals surface area contributed by atoms with Crippen molar-refractivity contribution in [2.75, 3.05) is 6.61 Å². The van der Waals surface area contributed by atoms with Crippen molar-refractivity contribution in [3.8, 4) is 5.88 Å². The van der Waals surface area contributed by atoms with Crippen LogP contribution in [-0.4, -0.2) is 23.9 Å². The van der Waals surface area contributed by atoms with Gasteiger partial charge in [-0.05, 0) is 13.0 Å². The monoisotopic (exact) mass is 303 g/mol. The normalized spacial score (nSPS) is 11.6. The Bertz CT molecular complexity index is 503. The Hall–Kier alpha value is -2.00. The van der Waals surface area contributed by atoms with Crippen LogP contribution in [0.2, 0.25) is 0 Å². The molecule has 0 N–H and O–H groups in total. The van der Waals surface area contributed by atoms with Gasteiger partial charge in [0.2, 0.25) is 11.8 Å². The summed E-state index contributed by atoms with van der Waals surface area (Å²) in [7, 11) is 0. The lowest BCUT2D eigenvalue weighted by molar-refractivity contribution is -0.276. The number of aromatic nitrogens is 1. The van der Waals surface area contributed by atoms with E-state index in [9.17, 15) is 31.1 Å². The molecule has 0 aliphatic carbocycles. The van der Waals surface area contributed by atoms with Gasteiger partial charge in [-0.2, -0.15) is 9.37 Å². The molecule has 1 aromatic heterocycles. The minimum absolute atomic E-state index is 0.177. The Kier molecular flexibility index (Phi) is 4.79. The summed E-state index contributed by atoms with van der Waals surface area (Å²) < 4.78 is 82.0. The van der Waals surface area contributed by atoms with E-state index in [2.05, 4.69) is 14.5 Å². The summed E-state index contributed by atoms with van der Waals surface area (Å²) in [5.74, 6) is -4.68. The lowest BCUT2D eigenvalue weighted by Crippen LogP contribution is -2.20. The average molecular weight is 303 g/mol. The van der Waals surface area contributed by atoms with Gasteiger partial charge in [0.1, 0.15) is 5.56 Å². The van der Waals surface area contributed by atoms with Gasteiger partial charge in [0.25, 0.3) is 6.43 Å². The molecule has 0 saturated carbocycles. The fraction of sp³-hybridized carbons (Fsp3) is 0.400. The first-order chi connectivity index (χ1) is 9.15. The predicted molar refractivity (Wildman–Crippen MR) is 51.8 cm³/mol. The summed E-state index contributed by atoms with van der Waals surface area (Å²) in [6.07, 6.45) is -8.78. The van der Waals surface area contributed by atoms with Crippen molar-refractivity contribution in [1.82, 2.24) is 4.98 Å². The van der Waals surface area contributed by atoms with Gasteiger partial charge in [-0.25, -0.2) is 13.6 Å². The SMILES string of the molecule is CCOC(=O)c1cc(C(F)F)c(OC(F)(F)F)nc1F. The third kappa shape index (κ3) is 4.00. The second kappa shape index (κ2) is 5.97. The number of pyridine rings is 1. The van der Waals surface area contributed by atoms with E-state index in [1.165, 1.54) is 6.92 Å². The molecule has 4 nitrogen and oxygen atoms in total. The molecule has 0 atom stereocenters. The predicted octanol–water partition coefficient (Wildman–Crippen LogP) is 3.23. The Balaban J connectivity index is 3.28. The molecule has 0 radical (unpaired) electrons. The lowest BCUT2D eigenvalue weighted by Gasteiger charge is -2.13. The molecule has 1 aromatic rings. The fourth-order valence-electron chi connectivity index (χ4n) is 1.19. The second-order valence-corrected chi connectivity index (χ2v) is 3.29. The number of rotatable bonds is 4. The van der Waals surface area contributed by atoms with Crippen LogP contribution in [0.4, 0.5) is 26.3 Å². The highest BCUT2D eigenvalue weighted by Gasteiger charge is 2.35. The molecule has 0 aromatic carbocycles. The van der Waals surface area contributed by atoms with Crippen LogP contribution in [-0.2, 0) is 4.74 Å². The Labute approximate surface area is 108 Å². The van der Waals surface area contributed by atoms with E-state index in [0.29, 0.717) is 0 Å². The standard InChI is InChI=1S/C10H7F6NO3/c1-2-19-9(18)5-3-4(6(11)12)8(17-7(5)13)20-10(14,15)16/h3,6H,2H2,1H3. The second-order valence-electron chi connectivity index (χ2n) is 3.29. The van der Waals surface area contributed by atoms with E-state index in [0.717, 1.165) is 0 Å². The largest absolute Gasteiger partial charge is 0.574 e. The maximum atomic E-state index is 13.3. The molecule has 1 rings (SSSR count). The lowest BCUT2D eigenvalue weighted by atomic mass is 10.2. The molecule has 0 aliphatic rings. The third-order valence-corrected chi connectivity index (χ3v) is 1.91. The topological polar surface area (TPSA) is 48.4 Å². The van der Waals surface area contributed by atoms with Crippen molar-refractivity contribution in [2.24, 2.45) is 0 Å². The Morgan fingerprint density at radius 1 is 1.40 bits per heavy atom. The summed E-state index contributed by atoms with van der Waals surface area (Å²) in [5.41, 5.74) is -2.37. The van der Waals surface area contributed by atoms with Crippen molar-refractivity contribution in [2.45, 2.75) is 19.7 Å². The maximum absolute atomic E-state index is 13.3. The van der Waals surface area contributed by atoms with Gasteiger partial charge in [0.15, 0.2) is 0 Å². The number of carbonyl (C=O) groups is 1. The van der Waals surface area contributed by atoms with E-state index in [4.69, 9.17) is 0 Å². The van der Waals surface area contributed by atoms with Gasteiger partial charge >= 0.3 is 12.3 Å². The molecule has 0 amide bonds. The van der Waals surface area contributed by atoms with Gasteiger partial charge in [0, 0.05) is 0 Å². The van der Waals surface area contributed by atoms with Crippen molar-refractivity contribution in [3.63, 3.8) is 0 Å². The van der Waals surface area contributed by atoms with Crippen molar-refractivity contribution < 1.29 is 40.6 Å². The molecule has 0 bridgehead atoms. The molecule has 0 spiro atoms. The number of hydrogen-bond donors (Lipinski definition) is 0. The van der Waals surface area contributed by atoms with Crippen molar-refractivity contribution in [1.29, 1.82) is 0 Å². The molecular weight excluding hydrogens is 296 g/mol. The Morgan fingerprint density at radius 2 is 2.00 bits per heavy atom. The van der Waals surface area contributed by atoms with Crippen LogP contribution >= 0.6 is 0 Å². The summed E-state index contributed by atoms with van der Waals surface area (Å²) in [6, 6.07) is 0.214. The molecule has 20 heavy (non-hydrogen) atoms. The highest BCUT2D eigenvalue weighted by atomic mass is 19.4. The van der Waals surface area contributed by atoms with Crippen LogP contribution in [0.15, 0.2) is 6.07 Å². The highest BCUT2D eigenvalue weighted by Crippen LogP contribution is 2.32. The van der Waals surface area contributed by atoms with E-state index in [1.54, 1.807) is 0 Å². The fourth-order valence-corrected chi connectivity index (χ4v) is 1.19. The maximum Gasteiger partial charge on any atom is 0.574 e. The van der Waals surface area contributed by atoms with Gasteiger partial charge < -0.3 is 9.47 Å². The van der Waals surface area contributed by atoms with Gasteiger partial charge in [-0.1, -0.05) is 0 Å². The smallest absolute Gasteiger partial charge is 0.462 e. The van der Waals surface area contributed by atoms with Gasteiger partial charge in [0.05, 0.1) is 12.2 Å². The van der Waals surface area contributed by atoms with Crippen LogP contribution in [0.1, 0.15) is 29.3 Å². The summed E-state index contributed by atoms with van der Waals surface area (Å²) in [6.45, 7) is 1.20. The molecule has 0 saturated heterocycles. The molecule has 1 heterocycles. The number of nitrogens with zero attached hydrogens (tertiary/aromatic N) is 1. The van der Waals surface area contributed by atoms with Crippen LogP contribution in [0.25, 0.3) is 0 Å². The average Bonchev–Trinajstić information content (AvgIpc) is 2.26. The number of esters is 1. The zero-order valence-corrected chi connectivity index (χ0v) is 9.80. The zero-order valence-electron chi connectivity index (χ0n) is 9.80. The van der Waals surface area contributed by atoms with E-state index in [-0.39, 0.29) is 12.7 Å². The first kappa shape index (κ1) is 16.1. The molecule has 10 heteroatoms. The number of halogens is 6. The highest BCUT2D eigenvalue weighted by molar-refractivity contribution is 5.89. The van der Waals surface area contributed by atoms with Crippen molar-refractivity contribution >= 4 is 5.97 Å². The minimum Gasteiger partial charge on any atom is -0.462 e. The summed E-state index contributed by atoms with van der Waals surface area (Å²) in [5, 5.41) is 0. The molecule has 0 unspecified atom stereocenters. The van der Waals surface area contributed by atoms with E-state index < -0.39 is 41.7 Å². The summed E-state index contributed by atoms with van der Waals surface area (Å²) >= 11 is 0. The number of carbonyl (C=O) groups excluding carboxylic acids is 1. The van der Waals surface area contributed by atoms with Crippen LogP contribution in [0, 0.1) is 5.95 Å². The quantitative estimate of drug-likeness (QED) is 0.487. The third-order valence-electron chi connectivity index (χ3n) is 1.91. The van der Waals surface area contributed by atoms with Crippen LogP contribution in [0.5, 0.6) is 5.88 Å². The number of ether oxygens (including phenoxy) is 2. The molecule has 0 fully saturated rings. The molecular formula is C10H7F6NO3. The van der Waals surface area contributed by atoms with E-state index in [1.807, 2.05) is 0 Å². The molecule has 112 valence electrons. The van der Waals surface area contributed by atoms with Gasteiger partial charge in [-0.15, -0.1) is 13.2 Å². The zero-order chi connectivity index (χ0) is 15.5. The van der Waals surface area contributed by atoms with Crippen LogP contribution < -0.4 is 4.74 Å². The first-order valence-electron chi connectivity index (χ1n) is 5.07. The number of hydrogen-bond acceptors (Lipinski definition) is 4. The minimum atomic E-state index is -5.32. The van der Waals surface area contributed by atoms with Crippen LogP contribution in [0.3, 0.4) is 0 Å². The van der Waals surface area contributed by atoms with E-state index >= 15 is 0 Å². The first-order valence-corrected chi connectivity index (χ1v) is 5.07. The molecule has 0 aliphatic heterocycles.